The molecule has 1 aromatic rings. The van der Waals surface area contributed by atoms with E-state index in [-0.39, 0.29) is 17.4 Å². The second kappa shape index (κ2) is 7.72. The molecule has 0 aromatic carbocycles. The lowest BCUT2D eigenvalue weighted by Gasteiger charge is -2.31. The van der Waals surface area contributed by atoms with E-state index >= 15 is 0 Å². The number of hydrogen-bond acceptors (Lipinski definition) is 5. The zero-order valence-corrected chi connectivity index (χ0v) is 16.0. The third-order valence-corrected chi connectivity index (χ3v) is 5.53. The normalized spacial score (nSPS) is 17.0. The molecule has 1 aromatic heterocycles. The fraction of sp³-hybridized carbons (Fsp3) is 0.700. The summed E-state index contributed by atoms with van der Waals surface area (Å²) in [5.74, 6) is 1.19. The molecule has 2 saturated carbocycles. The summed E-state index contributed by atoms with van der Waals surface area (Å²) in [6.45, 7) is 6.30. The molecule has 26 heavy (non-hydrogen) atoms. The van der Waals surface area contributed by atoms with Crippen molar-refractivity contribution < 1.29 is 14.3 Å². The molecule has 0 atom stereocenters. The van der Waals surface area contributed by atoms with E-state index < -0.39 is 5.54 Å². The molecule has 0 spiro atoms. The Morgan fingerprint density at radius 2 is 1.88 bits per heavy atom. The Bertz CT molecular complexity index is 677. The monoisotopic (exact) mass is 359 g/mol. The summed E-state index contributed by atoms with van der Waals surface area (Å²) in [4.78, 5) is 34.1. The van der Waals surface area contributed by atoms with Crippen molar-refractivity contribution in [3.05, 3.63) is 17.6 Å². The number of amides is 1. The first-order valence-electron chi connectivity index (χ1n) is 9.88. The second-order valence-corrected chi connectivity index (χ2v) is 7.49. The van der Waals surface area contributed by atoms with Gasteiger partial charge < -0.3 is 10.1 Å². The van der Waals surface area contributed by atoms with E-state index in [9.17, 15) is 9.59 Å². The lowest BCUT2D eigenvalue weighted by molar-refractivity contribution is -0.125. The van der Waals surface area contributed by atoms with Gasteiger partial charge in [0.05, 0.1) is 18.3 Å². The van der Waals surface area contributed by atoms with Crippen molar-refractivity contribution in [1.82, 2.24) is 15.3 Å². The number of Topliss-reactive ketones (excluding diaryl/α,β-unsaturated/α-hetero) is 1. The topological polar surface area (TPSA) is 81.2 Å². The number of ether oxygens (including phenoxy) is 1. The standard InChI is InChI=1S/C20H29N3O3/c1-4-16(24)20(5-2,6-3)23-18(25)15-11-21-17(14-9-10-14)19(22-15)26-12-13-7-8-13/h11,13-14H,4-10,12H2,1-3H3,(H,23,25). The Hall–Kier alpha value is -1.98. The van der Waals surface area contributed by atoms with Crippen molar-refractivity contribution in [3.8, 4) is 5.88 Å². The minimum absolute atomic E-state index is 0.0450. The average molecular weight is 359 g/mol. The van der Waals surface area contributed by atoms with Gasteiger partial charge in [-0.25, -0.2) is 4.98 Å². The molecule has 0 saturated heterocycles. The van der Waals surface area contributed by atoms with Gasteiger partial charge in [0.15, 0.2) is 11.5 Å². The molecule has 3 rings (SSSR count). The van der Waals surface area contributed by atoms with Crippen molar-refractivity contribution in [2.24, 2.45) is 5.92 Å². The summed E-state index contributed by atoms with van der Waals surface area (Å²) in [6, 6.07) is 0. The smallest absolute Gasteiger partial charge is 0.272 e. The molecule has 2 aliphatic carbocycles. The van der Waals surface area contributed by atoms with E-state index in [1.807, 2.05) is 20.8 Å². The molecular weight excluding hydrogens is 330 g/mol. The van der Waals surface area contributed by atoms with Gasteiger partial charge in [0.2, 0.25) is 5.88 Å². The van der Waals surface area contributed by atoms with Crippen molar-refractivity contribution >= 4 is 11.7 Å². The zero-order chi connectivity index (χ0) is 18.7. The number of ketones is 1. The molecule has 2 fully saturated rings. The molecule has 1 amide bonds. The van der Waals surface area contributed by atoms with Gasteiger partial charge in [0, 0.05) is 12.3 Å². The molecule has 6 heteroatoms. The van der Waals surface area contributed by atoms with E-state index in [4.69, 9.17) is 4.74 Å². The Morgan fingerprint density at radius 3 is 2.42 bits per heavy atom. The average Bonchev–Trinajstić information content (AvgIpc) is 3.57. The first-order valence-corrected chi connectivity index (χ1v) is 9.88. The lowest BCUT2D eigenvalue weighted by atomic mass is 9.86. The van der Waals surface area contributed by atoms with E-state index in [1.54, 1.807) is 0 Å². The number of hydrogen-bond donors (Lipinski definition) is 1. The van der Waals surface area contributed by atoms with Gasteiger partial charge in [-0.3, -0.25) is 14.6 Å². The maximum Gasteiger partial charge on any atom is 0.272 e. The van der Waals surface area contributed by atoms with Crippen LogP contribution >= 0.6 is 0 Å². The predicted molar refractivity (Wildman–Crippen MR) is 98.3 cm³/mol. The third-order valence-electron chi connectivity index (χ3n) is 5.53. The summed E-state index contributed by atoms with van der Waals surface area (Å²) in [5, 5.41) is 2.92. The van der Waals surface area contributed by atoms with Crippen molar-refractivity contribution in [2.75, 3.05) is 6.61 Å². The van der Waals surface area contributed by atoms with Crippen LogP contribution in [0.3, 0.4) is 0 Å². The van der Waals surface area contributed by atoms with Gasteiger partial charge in [-0.2, -0.15) is 0 Å². The van der Waals surface area contributed by atoms with Crippen molar-refractivity contribution in [1.29, 1.82) is 0 Å². The van der Waals surface area contributed by atoms with Crippen LogP contribution in [-0.4, -0.2) is 33.8 Å². The molecule has 2 aliphatic rings. The maximum absolute atomic E-state index is 12.8. The summed E-state index contributed by atoms with van der Waals surface area (Å²) in [5.41, 5.74) is 0.247. The van der Waals surface area contributed by atoms with Gasteiger partial charge in [0.25, 0.3) is 5.91 Å². The Balaban J connectivity index is 1.79. The predicted octanol–water partition coefficient (Wildman–Crippen LogP) is 3.41. The molecule has 0 radical (unpaired) electrons. The fourth-order valence-corrected chi connectivity index (χ4v) is 3.23. The number of carbonyl (C=O) groups is 2. The quantitative estimate of drug-likeness (QED) is 0.692. The minimum Gasteiger partial charge on any atom is -0.476 e. The molecule has 6 nitrogen and oxygen atoms in total. The lowest BCUT2D eigenvalue weighted by Crippen LogP contribution is -2.53. The van der Waals surface area contributed by atoms with E-state index in [1.165, 1.54) is 19.0 Å². The second-order valence-electron chi connectivity index (χ2n) is 7.49. The number of carbonyl (C=O) groups excluding carboxylic acids is 2. The van der Waals surface area contributed by atoms with E-state index in [0.717, 1.165) is 18.5 Å². The van der Waals surface area contributed by atoms with Crippen LogP contribution in [0.25, 0.3) is 0 Å². The highest BCUT2D eigenvalue weighted by molar-refractivity contribution is 5.98. The van der Waals surface area contributed by atoms with Crippen LogP contribution in [-0.2, 0) is 4.79 Å². The van der Waals surface area contributed by atoms with Crippen LogP contribution in [0.2, 0.25) is 0 Å². The van der Waals surface area contributed by atoms with Gasteiger partial charge in [-0.1, -0.05) is 20.8 Å². The number of rotatable bonds is 10. The largest absolute Gasteiger partial charge is 0.476 e. The van der Waals surface area contributed by atoms with Crippen LogP contribution in [0.15, 0.2) is 6.20 Å². The molecular formula is C20H29N3O3. The number of nitrogens with zero attached hydrogens (tertiary/aromatic N) is 2. The van der Waals surface area contributed by atoms with Crippen molar-refractivity contribution in [2.45, 2.75) is 77.2 Å². The summed E-state index contributed by atoms with van der Waals surface area (Å²) in [7, 11) is 0. The Labute approximate surface area is 155 Å². The SMILES string of the molecule is CCC(=O)C(CC)(CC)NC(=O)c1cnc(C2CC2)c(OCC2CC2)n1. The first-order chi connectivity index (χ1) is 12.5. The van der Waals surface area contributed by atoms with Gasteiger partial charge in [-0.15, -0.1) is 0 Å². The molecule has 1 heterocycles. The van der Waals surface area contributed by atoms with Gasteiger partial charge in [-0.05, 0) is 44.4 Å². The maximum atomic E-state index is 12.8. The van der Waals surface area contributed by atoms with Crippen molar-refractivity contribution in [3.63, 3.8) is 0 Å². The third kappa shape index (κ3) is 4.05. The summed E-state index contributed by atoms with van der Waals surface area (Å²) >= 11 is 0. The molecule has 1 N–H and O–H groups in total. The number of aromatic nitrogens is 2. The van der Waals surface area contributed by atoms with Crippen LogP contribution in [0.5, 0.6) is 5.88 Å². The molecule has 0 bridgehead atoms. The summed E-state index contributed by atoms with van der Waals surface area (Å²) in [6.07, 6.45) is 7.60. The zero-order valence-electron chi connectivity index (χ0n) is 16.0. The first kappa shape index (κ1) is 18.8. The molecule has 0 aliphatic heterocycles. The molecule has 0 unspecified atom stereocenters. The van der Waals surface area contributed by atoms with E-state index in [2.05, 4.69) is 15.3 Å². The number of nitrogens with one attached hydrogen (secondary N) is 1. The highest BCUT2D eigenvalue weighted by atomic mass is 16.5. The van der Waals surface area contributed by atoms with Gasteiger partial charge >= 0.3 is 0 Å². The Kier molecular flexibility index (Phi) is 5.58. The van der Waals surface area contributed by atoms with Gasteiger partial charge in [0.1, 0.15) is 5.69 Å². The van der Waals surface area contributed by atoms with E-state index in [0.29, 0.717) is 43.6 Å². The highest BCUT2D eigenvalue weighted by Crippen LogP contribution is 2.42. The van der Waals surface area contributed by atoms with Crippen LogP contribution in [0.4, 0.5) is 0 Å². The highest BCUT2D eigenvalue weighted by Gasteiger charge is 2.36. The van der Waals surface area contributed by atoms with Crippen LogP contribution in [0, 0.1) is 5.92 Å². The van der Waals surface area contributed by atoms with Crippen LogP contribution in [0.1, 0.15) is 87.8 Å². The molecule has 142 valence electrons. The Morgan fingerprint density at radius 1 is 1.19 bits per heavy atom. The minimum atomic E-state index is -0.836. The summed E-state index contributed by atoms with van der Waals surface area (Å²) < 4.78 is 5.88. The van der Waals surface area contributed by atoms with Crippen LogP contribution < -0.4 is 10.1 Å². The fourth-order valence-electron chi connectivity index (χ4n) is 3.23.